The summed E-state index contributed by atoms with van der Waals surface area (Å²) in [5.41, 5.74) is 1.88. The van der Waals surface area contributed by atoms with Crippen molar-refractivity contribution in [1.29, 1.82) is 0 Å². The van der Waals surface area contributed by atoms with Gasteiger partial charge >= 0.3 is 0 Å². The highest BCUT2D eigenvalue weighted by Crippen LogP contribution is 2.61. The van der Waals surface area contributed by atoms with Crippen LogP contribution in [-0.2, 0) is 6.54 Å². The van der Waals surface area contributed by atoms with Gasteiger partial charge in [0.2, 0.25) is 5.95 Å². The van der Waals surface area contributed by atoms with E-state index in [0.717, 1.165) is 62.1 Å². The lowest BCUT2D eigenvalue weighted by Gasteiger charge is -2.62. The van der Waals surface area contributed by atoms with Crippen molar-refractivity contribution < 1.29 is 0 Å². The maximum Gasteiger partial charge on any atom is 0.229 e. The summed E-state index contributed by atoms with van der Waals surface area (Å²) in [6, 6.07) is 13.4. The van der Waals surface area contributed by atoms with Gasteiger partial charge in [0.25, 0.3) is 0 Å². The number of rotatable bonds is 6. The number of piperazine rings is 1. The lowest BCUT2D eigenvalue weighted by molar-refractivity contribution is -0.105. The molecule has 2 aromatic rings. The van der Waals surface area contributed by atoms with Crippen LogP contribution >= 0.6 is 0 Å². The molecular weight excluding hydrogens is 408 g/mol. The Bertz CT molecular complexity index is 950. The van der Waals surface area contributed by atoms with Crippen LogP contribution in [0.5, 0.6) is 0 Å². The molecular formula is C27H40N6. The average molecular weight is 449 g/mol. The number of fused-ring (bicyclic) bond motifs is 2. The van der Waals surface area contributed by atoms with E-state index < -0.39 is 0 Å². The van der Waals surface area contributed by atoms with Gasteiger partial charge in [-0.15, -0.1) is 0 Å². The summed E-state index contributed by atoms with van der Waals surface area (Å²) >= 11 is 0. The van der Waals surface area contributed by atoms with Crippen LogP contribution in [0.3, 0.4) is 0 Å². The Labute approximate surface area is 199 Å². The molecule has 0 amide bonds. The van der Waals surface area contributed by atoms with Crippen LogP contribution in [0.15, 0.2) is 36.4 Å². The molecule has 178 valence electrons. The first-order chi connectivity index (χ1) is 15.8. The molecule has 0 spiro atoms. The maximum absolute atomic E-state index is 5.01. The van der Waals surface area contributed by atoms with Crippen LogP contribution in [-0.4, -0.2) is 61.2 Å². The molecule has 1 aromatic heterocycles. The summed E-state index contributed by atoms with van der Waals surface area (Å²) in [5, 5.41) is 3.83. The predicted molar refractivity (Wildman–Crippen MR) is 137 cm³/mol. The van der Waals surface area contributed by atoms with E-state index in [1.165, 1.54) is 18.4 Å². The van der Waals surface area contributed by atoms with Crippen molar-refractivity contribution in [2.24, 2.45) is 23.2 Å². The van der Waals surface area contributed by atoms with Gasteiger partial charge in [0.15, 0.2) is 0 Å². The fourth-order valence-electron chi connectivity index (χ4n) is 6.34. The Morgan fingerprint density at radius 1 is 1.03 bits per heavy atom. The average Bonchev–Trinajstić information content (AvgIpc) is 2.81. The van der Waals surface area contributed by atoms with Gasteiger partial charge in [-0.3, -0.25) is 4.90 Å². The summed E-state index contributed by atoms with van der Waals surface area (Å²) < 4.78 is 0. The molecule has 1 aliphatic heterocycles. The van der Waals surface area contributed by atoms with Crippen molar-refractivity contribution in [3.05, 3.63) is 42.0 Å². The number of hydrogen-bond donors (Lipinski definition) is 1. The molecule has 1 aromatic carbocycles. The van der Waals surface area contributed by atoms with E-state index in [9.17, 15) is 0 Å². The smallest absolute Gasteiger partial charge is 0.229 e. The molecule has 2 bridgehead atoms. The third-order valence-electron chi connectivity index (χ3n) is 8.75. The zero-order chi connectivity index (χ0) is 23.2. The molecule has 1 saturated heterocycles. The summed E-state index contributed by atoms with van der Waals surface area (Å²) in [6.07, 6.45) is 2.65. The first-order valence-corrected chi connectivity index (χ1v) is 12.7. The topological polar surface area (TPSA) is 47.5 Å². The van der Waals surface area contributed by atoms with Crippen LogP contribution in [0.2, 0.25) is 0 Å². The minimum Gasteiger partial charge on any atom is -0.367 e. The van der Waals surface area contributed by atoms with Gasteiger partial charge in [0, 0.05) is 58.9 Å². The van der Waals surface area contributed by atoms with E-state index in [2.05, 4.69) is 91.3 Å². The normalized spacial score (nSPS) is 28.8. The van der Waals surface area contributed by atoms with Crippen molar-refractivity contribution in [3.8, 4) is 0 Å². The molecule has 2 heterocycles. The third-order valence-corrected chi connectivity index (χ3v) is 8.75. The fourth-order valence-corrected chi connectivity index (χ4v) is 6.34. The zero-order valence-electron chi connectivity index (χ0n) is 21.0. The van der Waals surface area contributed by atoms with Crippen LogP contribution < -0.4 is 15.1 Å². The molecule has 3 saturated carbocycles. The second kappa shape index (κ2) is 8.79. The van der Waals surface area contributed by atoms with E-state index in [0.29, 0.717) is 17.4 Å². The van der Waals surface area contributed by atoms with E-state index in [1.807, 2.05) is 0 Å². The van der Waals surface area contributed by atoms with Gasteiger partial charge in [-0.2, -0.15) is 9.97 Å². The molecule has 4 fully saturated rings. The van der Waals surface area contributed by atoms with E-state index in [-0.39, 0.29) is 0 Å². The first-order valence-electron chi connectivity index (χ1n) is 12.7. The monoisotopic (exact) mass is 448 g/mol. The van der Waals surface area contributed by atoms with Gasteiger partial charge in [-0.25, -0.2) is 0 Å². The summed E-state index contributed by atoms with van der Waals surface area (Å²) in [4.78, 5) is 16.9. The molecule has 6 rings (SSSR count). The number of anilines is 3. The molecule has 6 nitrogen and oxygen atoms in total. The number of benzene rings is 1. The van der Waals surface area contributed by atoms with Gasteiger partial charge in [0.1, 0.15) is 11.6 Å². The van der Waals surface area contributed by atoms with Gasteiger partial charge in [-0.1, -0.05) is 51.1 Å². The van der Waals surface area contributed by atoms with E-state index in [1.54, 1.807) is 0 Å². The fraction of sp³-hybridized carbons (Fsp3) is 0.630. The Hall–Kier alpha value is -2.34. The Morgan fingerprint density at radius 2 is 1.76 bits per heavy atom. The van der Waals surface area contributed by atoms with E-state index >= 15 is 0 Å². The van der Waals surface area contributed by atoms with E-state index in [4.69, 9.17) is 9.97 Å². The van der Waals surface area contributed by atoms with Crippen molar-refractivity contribution in [3.63, 3.8) is 0 Å². The second-order valence-corrected chi connectivity index (χ2v) is 11.3. The summed E-state index contributed by atoms with van der Waals surface area (Å²) in [6.45, 7) is 12.4. The predicted octanol–water partition coefficient (Wildman–Crippen LogP) is 4.35. The highest BCUT2D eigenvalue weighted by Gasteiger charge is 2.56. The number of hydrogen-bond acceptors (Lipinski definition) is 6. The first kappa shape index (κ1) is 22.5. The molecule has 6 heteroatoms. The highest BCUT2D eigenvalue weighted by atomic mass is 15.3. The van der Waals surface area contributed by atoms with Crippen LogP contribution in [0.25, 0.3) is 0 Å². The second-order valence-electron chi connectivity index (χ2n) is 11.3. The summed E-state index contributed by atoms with van der Waals surface area (Å²) in [5.74, 6) is 5.14. The minimum absolute atomic E-state index is 0.502. The minimum atomic E-state index is 0.502. The number of nitrogens with zero attached hydrogens (tertiary/aromatic N) is 5. The van der Waals surface area contributed by atoms with Crippen LogP contribution in [0.4, 0.5) is 17.6 Å². The Kier molecular flexibility index (Phi) is 5.98. The zero-order valence-corrected chi connectivity index (χ0v) is 21.0. The van der Waals surface area contributed by atoms with Crippen molar-refractivity contribution in [2.75, 3.05) is 55.4 Å². The molecule has 0 radical (unpaired) electrons. The van der Waals surface area contributed by atoms with Crippen molar-refractivity contribution in [1.82, 2.24) is 14.9 Å². The molecule has 33 heavy (non-hydrogen) atoms. The largest absolute Gasteiger partial charge is 0.367 e. The van der Waals surface area contributed by atoms with Crippen molar-refractivity contribution >= 4 is 17.6 Å². The SMILES string of the molecule is CC1C(Nc2cc(N(C)C)nc(N3CCN(Cc4ccccc4)CC3)n2)CC2CC1C2(C)C. The third kappa shape index (κ3) is 4.42. The standard InChI is InChI=1S/C27H40N6/c1-19-22-15-21(27(22,2)3)16-23(19)28-24-17-25(31(4)5)30-26(29-24)33-13-11-32(12-14-33)18-20-9-7-6-8-10-20/h6-10,17,19,21-23H,11-16,18H2,1-5H3,(H,28,29,30). The Balaban J connectivity index is 1.27. The molecule has 4 unspecified atom stereocenters. The Morgan fingerprint density at radius 3 is 2.39 bits per heavy atom. The molecule has 4 atom stereocenters. The lowest BCUT2D eigenvalue weighted by Crippen LogP contribution is -2.58. The molecule has 3 aliphatic carbocycles. The summed E-state index contributed by atoms with van der Waals surface area (Å²) in [7, 11) is 4.13. The van der Waals surface area contributed by atoms with Crippen LogP contribution in [0.1, 0.15) is 39.2 Å². The number of aromatic nitrogens is 2. The highest BCUT2D eigenvalue weighted by molar-refractivity contribution is 5.54. The number of nitrogens with one attached hydrogen (secondary N) is 1. The van der Waals surface area contributed by atoms with Gasteiger partial charge in [-0.05, 0) is 41.6 Å². The quantitative estimate of drug-likeness (QED) is 0.709. The molecule has 4 aliphatic rings. The maximum atomic E-state index is 5.01. The lowest BCUT2D eigenvalue weighted by atomic mass is 9.45. The van der Waals surface area contributed by atoms with Gasteiger partial charge < -0.3 is 15.1 Å². The van der Waals surface area contributed by atoms with Gasteiger partial charge in [0.05, 0.1) is 0 Å². The van der Waals surface area contributed by atoms with Crippen LogP contribution in [0, 0.1) is 23.2 Å². The van der Waals surface area contributed by atoms with Crippen molar-refractivity contribution in [2.45, 2.75) is 46.2 Å². The molecule has 1 N–H and O–H groups in total.